The number of benzene rings is 1. The van der Waals surface area contributed by atoms with Crippen molar-refractivity contribution >= 4 is 10.9 Å². The first-order valence-corrected chi connectivity index (χ1v) is 6.57. The highest BCUT2D eigenvalue weighted by molar-refractivity contribution is 5.82. The highest BCUT2D eigenvalue weighted by Crippen LogP contribution is 2.24. The number of rotatable bonds is 4. The van der Waals surface area contributed by atoms with Crippen molar-refractivity contribution in [3.05, 3.63) is 60.0 Å². The van der Waals surface area contributed by atoms with Crippen LogP contribution in [0.15, 0.2) is 48.7 Å². The van der Waals surface area contributed by atoms with Crippen LogP contribution in [0.2, 0.25) is 0 Å². The Hall–Kier alpha value is -2.24. The number of hydrazine groups is 1. The number of nitrogens with one attached hydrogen (secondary N) is 1. The van der Waals surface area contributed by atoms with Crippen molar-refractivity contribution in [2.24, 2.45) is 12.9 Å². The van der Waals surface area contributed by atoms with Gasteiger partial charge >= 0.3 is 0 Å². The van der Waals surface area contributed by atoms with Crippen molar-refractivity contribution in [3.8, 4) is 0 Å². The van der Waals surface area contributed by atoms with Crippen molar-refractivity contribution in [2.75, 3.05) is 0 Å². The number of hydrogen-bond donors (Lipinski definition) is 2. The second kappa shape index (κ2) is 5.40. The van der Waals surface area contributed by atoms with E-state index in [-0.39, 0.29) is 6.04 Å². The minimum atomic E-state index is -0.0593. The van der Waals surface area contributed by atoms with Crippen molar-refractivity contribution in [2.45, 2.75) is 12.5 Å². The summed E-state index contributed by atoms with van der Waals surface area (Å²) in [5.41, 5.74) is 5.90. The predicted octanol–water partition coefficient (Wildman–Crippen LogP) is 1.72. The molecule has 1 aromatic carbocycles. The van der Waals surface area contributed by atoms with Crippen molar-refractivity contribution < 1.29 is 0 Å². The van der Waals surface area contributed by atoms with Crippen LogP contribution in [-0.2, 0) is 13.5 Å². The van der Waals surface area contributed by atoms with Gasteiger partial charge in [0.15, 0.2) is 0 Å². The van der Waals surface area contributed by atoms with Gasteiger partial charge in [0.1, 0.15) is 0 Å². The van der Waals surface area contributed by atoms with Crippen molar-refractivity contribution in [3.63, 3.8) is 0 Å². The molecule has 20 heavy (non-hydrogen) atoms. The predicted molar refractivity (Wildman–Crippen MR) is 78.7 cm³/mol. The Labute approximate surface area is 117 Å². The largest absolute Gasteiger partial charge is 0.271 e. The lowest BCUT2D eigenvalue weighted by Gasteiger charge is -2.13. The number of para-hydroxylation sites is 1. The SMILES string of the molecule is Cn1nc(C(Cc2ccccn2)NN)c2ccccc21. The van der Waals surface area contributed by atoms with Crippen LogP contribution in [0.25, 0.3) is 10.9 Å². The zero-order valence-corrected chi connectivity index (χ0v) is 11.3. The van der Waals surface area contributed by atoms with E-state index in [1.54, 1.807) is 6.20 Å². The first-order valence-electron chi connectivity index (χ1n) is 6.57. The zero-order valence-electron chi connectivity index (χ0n) is 11.3. The maximum Gasteiger partial charge on any atom is 0.0890 e. The summed E-state index contributed by atoms with van der Waals surface area (Å²) >= 11 is 0. The Morgan fingerprint density at radius 2 is 2.00 bits per heavy atom. The molecule has 0 saturated heterocycles. The van der Waals surface area contributed by atoms with Gasteiger partial charge in [0.2, 0.25) is 0 Å². The lowest BCUT2D eigenvalue weighted by atomic mass is 10.0. The second-order valence-corrected chi connectivity index (χ2v) is 4.77. The van der Waals surface area contributed by atoms with Crippen LogP contribution in [0.1, 0.15) is 17.4 Å². The standard InChI is InChI=1S/C15H17N5/c1-20-14-8-3-2-7-12(14)15(19-20)13(18-16)10-11-6-4-5-9-17-11/h2-9,13,18H,10,16H2,1H3. The normalized spacial score (nSPS) is 12.7. The molecule has 0 radical (unpaired) electrons. The van der Waals surface area contributed by atoms with E-state index in [1.807, 2.05) is 42.1 Å². The zero-order chi connectivity index (χ0) is 13.9. The van der Waals surface area contributed by atoms with Gasteiger partial charge in [-0.1, -0.05) is 24.3 Å². The molecule has 3 aromatic rings. The van der Waals surface area contributed by atoms with Crippen LogP contribution < -0.4 is 11.3 Å². The Balaban J connectivity index is 1.99. The summed E-state index contributed by atoms with van der Waals surface area (Å²) in [6, 6.07) is 14.0. The molecule has 3 rings (SSSR count). The van der Waals surface area contributed by atoms with E-state index >= 15 is 0 Å². The van der Waals surface area contributed by atoms with Gasteiger partial charge in [0.25, 0.3) is 0 Å². The van der Waals surface area contributed by atoms with Crippen LogP contribution in [0, 0.1) is 0 Å². The van der Waals surface area contributed by atoms with Gasteiger partial charge in [-0.25, -0.2) is 0 Å². The Morgan fingerprint density at radius 3 is 2.75 bits per heavy atom. The summed E-state index contributed by atoms with van der Waals surface area (Å²) in [6.45, 7) is 0. The Kier molecular flexibility index (Phi) is 3.45. The molecule has 0 saturated carbocycles. The van der Waals surface area contributed by atoms with Gasteiger partial charge in [0.05, 0.1) is 17.3 Å². The number of aromatic nitrogens is 3. The fourth-order valence-electron chi connectivity index (χ4n) is 2.46. The lowest BCUT2D eigenvalue weighted by molar-refractivity contribution is 0.527. The summed E-state index contributed by atoms with van der Waals surface area (Å²) in [4.78, 5) is 4.35. The molecule has 5 nitrogen and oxygen atoms in total. The number of nitrogens with zero attached hydrogens (tertiary/aromatic N) is 3. The van der Waals surface area contributed by atoms with E-state index in [0.29, 0.717) is 6.42 Å². The number of hydrogen-bond acceptors (Lipinski definition) is 4. The number of pyridine rings is 1. The molecule has 1 atom stereocenters. The van der Waals surface area contributed by atoms with Gasteiger partial charge in [-0.05, 0) is 18.2 Å². The molecule has 0 aliphatic rings. The topological polar surface area (TPSA) is 68.8 Å². The minimum absolute atomic E-state index is 0.0593. The van der Waals surface area contributed by atoms with Gasteiger partial charge in [-0.2, -0.15) is 5.10 Å². The highest BCUT2D eigenvalue weighted by Gasteiger charge is 2.18. The van der Waals surface area contributed by atoms with E-state index in [2.05, 4.69) is 27.6 Å². The molecule has 0 aliphatic heterocycles. The molecule has 0 bridgehead atoms. The van der Waals surface area contributed by atoms with E-state index in [9.17, 15) is 0 Å². The third-order valence-corrected chi connectivity index (χ3v) is 3.46. The van der Waals surface area contributed by atoms with Crippen molar-refractivity contribution in [1.29, 1.82) is 0 Å². The van der Waals surface area contributed by atoms with E-state index < -0.39 is 0 Å². The summed E-state index contributed by atoms with van der Waals surface area (Å²) in [5.74, 6) is 5.73. The first kappa shape index (κ1) is 12.8. The third-order valence-electron chi connectivity index (χ3n) is 3.46. The summed E-state index contributed by atoms with van der Waals surface area (Å²) < 4.78 is 1.88. The molecule has 0 aliphatic carbocycles. The van der Waals surface area contributed by atoms with Gasteiger partial charge < -0.3 is 0 Å². The maximum atomic E-state index is 5.73. The van der Waals surface area contributed by atoms with Crippen LogP contribution in [0.5, 0.6) is 0 Å². The molecule has 1 unspecified atom stereocenters. The molecule has 0 amide bonds. The van der Waals surface area contributed by atoms with Crippen LogP contribution in [0.4, 0.5) is 0 Å². The van der Waals surface area contributed by atoms with Gasteiger partial charge in [0, 0.05) is 30.7 Å². The average Bonchev–Trinajstić information content (AvgIpc) is 2.84. The number of fused-ring (bicyclic) bond motifs is 1. The minimum Gasteiger partial charge on any atom is -0.271 e. The lowest BCUT2D eigenvalue weighted by Crippen LogP contribution is -2.30. The van der Waals surface area contributed by atoms with E-state index in [1.165, 1.54) is 0 Å². The smallest absolute Gasteiger partial charge is 0.0890 e. The fraction of sp³-hybridized carbons (Fsp3) is 0.200. The molecule has 0 fully saturated rings. The average molecular weight is 267 g/mol. The van der Waals surface area contributed by atoms with E-state index in [0.717, 1.165) is 22.3 Å². The monoisotopic (exact) mass is 267 g/mol. The first-order chi connectivity index (χ1) is 9.79. The van der Waals surface area contributed by atoms with Crippen LogP contribution in [-0.4, -0.2) is 14.8 Å². The number of nitrogens with two attached hydrogens (primary N) is 1. The summed E-state index contributed by atoms with van der Waals surface area (Å²) in [7, 11) is 1.94. The molecule has 0 spiro atoms. The van der Waals surface area contributed by atoms with Crippen molar-refractivity contribution in [1.82, 2.24) is 20.2 Å². The molecule has 3 N–H and O–H groups in total. The molecular formula is C15H17N5. The maximum absolute atomic E-state index is 5.73. The second-order valence-electron chi connectivity index (χ2n) is 4.77. The van der Waals surface area contributed by atoms with Crippen LogP contribution in [0.3, 0.4) is 0 Å². The van der Waals surface area contributed by atoms with E-state index in [4.69, 9.17) is 5.84 Å². The third kappa shape index (κ3) is 2.29. The Morgan fingerprint density at radius 1 is 1.20 bits per heavy atom. The quantitative estimate of drug-likeness (QED) is 0.558. The Bertz CT molecular complexity index is 705. The summed E-state index contributed by atoms with van der Waals surface area (Å²) in [5, 5.41) is 5.72. The van der Waals surface area contributed by atoms with Gasteiger partial charge in [-0.3, -0.25) is 20.9 Å². The molecule has 2 aromatic heterocycles. The summed E-state index contributed by atoms with van der Waals surface area (Å²) in [6.07, 6.45) is 2.50. The van der Waals surface area contributed by atoms with Crippen LogP contribution >= 0.6 is 0 Å². The number of aryl methyl sites for hydroxylation is 1. The molecular weight excluding hydrogens is 250 g/mol. The molecule has 102 valence electrons. The highest BCUT2D eigenvalue weighted by atomic mass is 15.3. The van der Waals surface area contributed by atoms with Gasteiger partial charge in [-0.15, -0.1) is 0 Å². The fourth-order valence-corrected chi connectivity index (χ4v) is 2.46. The molecule has 2 heterocycles. The molecule has 5 heteroatoms.